The Morgan fingerprint density at radius 1 is 1.02 bits per heavy atom. The highest BCUT2D eigenvalue weighted by molar-refractivity contribution is 6.22. The topological polar surface area (TPSA) is 90.2 Å². The first-order valence-electron chi connectivity index (χ1n) is 14.7. The lowest BCUT2D eigenvalue weighted by molar-refractivity contribution is 0.0319. The fourth-order valence-corrected chi connectivity index (χ4v) is 6.71. The Balaban J connectivity index is 1.33. The van der Waals surface area contributed by atoms with Crippen molar-refractivity contribution in [1.82, 2.24) is 9.47 Å². The van der Waals surface area contributed by atoms with Gasteiger partial charge < -0.3 is 28.8 Å². The highest BCUT2D eigenvalue weighted by Gasteiger charge is 2.32. The SMILES string of the molecule is CC(C)(Cl)OC(=O)N1CCCC(Oc2ccc3c(c2)OCCn2c-3c(C3CCCCC3)c3ccc(C(=O)O)cc32)C1. The van der Waals surface area contributed by atoms with E-state index in [-0.39, 0.29) is 6.10 Å². The molecule has 2 aliphatic heterocycles. The summed E-state index contributed by atoms with van der Waals surface area (Å²) in [5, 5.41) is 9.77. The number of hydrogen-bond donors (Lipinski definition) is 1. The summed E-state index contributed by atoms with van der Waals surface area (Å²) in [6.45, 7) is 5.41. The number of alkyl halides is 1. The Bertz CT molecular complexity index is 1470. The summed E-state index contributed by atoms with van der Waals surface area (Å²) in [6, 6.07) is 11.5. The molecule has 2 fully saturated rings. The number of nitrogens with zero attached hydrogens (tertiary/aromatic N) is 2. The van der Waals surface area contributed by atoms with Crippen molar-refractivity contribution in [2.75, 3.05) is 19.7 Å². The van der Waals surface area contributed by atoms with Crippen LogP contribution < -0.4 is 9.47 Å². The number of aromatic carboxylic acids is 1. The van der Waals surface area contributed by atoms with Crippen molar-refractivity contribution >= 4 is 34.6 Å². The molecule has 1 saturated carbocycles. The van der Waals surface area contributed by atoms with Crippen molar-refractivity contribution in [3.8, 4) is 22.8 Å². The maximum Gasteiger partial charge on any atom is 0.411 e. The minimum atomic E-state index is -1.06. The smallest absolute Gasteiger partial charge is 0.411 e. The largest absolute Gasteiger partial charge is 0.491 e. The molecule has 0 bridgehead atoms. The van der Waals surface area contributed by atoms with Crippen LogP contribution >= 0.6 is 11.6 Å². The van der Waals surface area contributed by atoms with Gasteiger partial charge in [0.15, 0.2) is 5.06 Å². The summed E-state index contributed by atoms with van der Waals surface area (Å²) < 4.78 is 20.3. The molecule has 1 unspecified atom stereocenters. The third kappa shape index (κ3) is 5.71. The lowest BCUT2D eigenvalue weighted by atomic mass is 9.81. The number of benzene rings is 2. The predicted molar refractivity (Wildman–Crippen MR) is 157 cm³/mol. The number of hydrogen-bond acceptors (Lipinski definition) is 5. The van der Waals surface area contributed by atoms with Crippen LogP contribution in [0.15, 0.2) is 36.4 Å². The number of piperidine rings is 1. The summed E-state index contributed by atoms with van der Waals surface area (Å²) in [5.41, 5.74) is 4.68. The quantitative estimate of drug-likeness (QED) is 0.316. The molecule has 3 aromatic rings. The molecule has 218 valence electrons. The van der Waals surface area contributed by atoms with Crippen LogP contribution in [0.5, 0.6) is 11.5 Å². The monoisotopic (exact) mass is 580 g/mol. The number of ether oxygens (including phenoxy) is 3. The predicted octanol–water partition coefficient (Wildman–Crippen LogP) is 7.40. The second-order valence-corrected chi connectivity index (χ2v) is 12.8. The molecular weight excluding hydrogens is 544 g/mol. The molecule has 6 rings (SSSR count). The minimum Gasteiger partial charge on any atom is -0.491 e. The number of amides is 1. The number of aromatic nitrogens is 1. The van der Waals surface area contributed by atoms with Gasteiger partial charge in [0.25, 0.3) is 0 Å². The van der Waals surface area contributed by atoms with Gasteiger partial charge in [0.05, 0.1) is 24.3 Å². The van der Waals surface area contributed by atoms with Crippen molar-refractivity contribution in [2.45, 2.75) is 82.4 Å². The Morgan fingerprint density at radius 2 is 1.83 bits per heavy atom. The number of carbonyl (C=O) groups excluding carboxylic acids is 1. The second-order valence-electron chi connectivity index (χ2n) is 11.9. The molecular formula is C32H37ClN2O6. The Hall–Kier alpha value is -3.39. The van der Waals surface area contributed by atoms with E-state index in [4.69, 9.17) is 25.8 Å². The number of likely N-dealkylation sites (tertiary alicyclic amines) is 1. The molecule has 1 saturated heterocycles. The maximum atomic E-state index is 12.6. The van der Waals surface area contributed by atoms with Crippen molar-refractivity contribution in [1.29, 1.82) is 0 Å². The Kier molecular flexibility index (Phi) is 7.53. The van der Waals surface area contributed by atoms with Gasteiger partial charge in [-0.05, 0) is 75.3 Å². The van der Waals surface area contributed by atoms with Crippen LogP contribution in [-0.4, -0.2) is 57.5 Å². The van der Waals surface area contributed by atoms with E-state index in [0.717, 1.165) is 53.6 Å². The molecule has 0 radical (unpaired) electrons. The molecule has 41 heavy (non-hydrogen) atoms. The van der Waals surface area contributed by atoms with E-state index in [2.05, 4.69) is 10.6 Å². The van der Waals surface area contributed by atoms with Crippen molar-refractivity contribution in [3.63, 3.8) is 0 Å². The first-order valence-corrected chi connectivity index (χ1v) is 15.1. The summed E-state index contributed by atoms with van der Waals surface area (Å²) in [4.78, 5) is 26.0. The van der Waals surface area contributed by atoms with E-state index in [1.54, 1.807) is 30.9 Å². The van der Waals surface area contributed by atoms with Crippen molar-refractivity contribution in [3.05, 3.63) is 47.5 Å². The molecule has 2 aromatic carbocycles. The average Bonchev–Trinajstić information content (AvgIpc) is 3.14. The first kappa shape index (κ1) is 27.8. The highest BCUT2D eigenvalue weighted by Crippen LogP contribution is 2.48. The van der Waals surface area contributed by atoms with Gasteiger partial charge in [-0.25, -0.2) is 9.59 Å². The fraction of sp³-hybridized carbons (Fsp3) is 0.500. The van der Waals surface area contributed by atoms with Crippen LogP contribution in [0.4, 0.5) is 4.79 Å². The summed E-state index contributed by atoms with van der Waals surface area (Å²) in [5.74, 6) is 0.953. The van der Waals surface area contributed by atoms with E-state index in [1.165, 1.54) is 24.8 Å². The van der Waals surface area contributed by atoms with Crippen molar-refractivity contribution in [2.24, 2.45) is 0 Å². The average molecular weight is 581 g/mol. The lowest BCUT2D eigenvalue weighted by Crippen LogP contribution is -2.46. The van der Waals surface area contributed by atoms with Gasteiger partial charge in [-0.1, -0.05) is 36.9 Å². The summed E-state index contributed by atoms with van der Waals surface area (Å²) in [6.07, 6.45) is 6.97. The maximum absolute atomic E-state index is 12.6. The van der Waals surface area contributed by atoms with Crippen LogP contribution in [0.25, 0.3) is 22.2 Å². The number of halogens is 1. The lowest BCUT2D eigenvalue weighted by Gasteiger charge is -2.33. The van der Waals surface area contributed by atoms with Gasteiger partial charge in [0.1, 0.15) is 24.2 Å². The first-order chi connectivity index (χ1) is 19.7. The molecule has 3 heterocycles. The third-order valence-electron chi connectivity index (χ3n) is 8.41. The zero-order valence-electron chi connectivity index (χ0n) is 23.7. The minimum absolute atomic E-state index is 0.169. The van der Waals surface area contributed by atoms with Gasteiger partial charge in [0.2, 0.25) is 0 Å². The van der Waals surface area contributed by atoms with Gasteiger partial charge >= 0.3 is 12.1 Å². The van der Waals surface area contributed by atoms with Crippen LogP contribution in [0.2, 0.25) is 0 Å². The molecule has 3 aliphatic rings. The molecule has 1 aromatic heterocycles. The molecule has 8 nitrogen and oxygen atoms in total. The van der Waals surface area contributed by atoms with Crippen LogP contribution in [0.3, 0.4) is 0 Å². The van der Waals surface area contributed by atoms with Gasteiger partial charge in [-0.15, -0.1) is 0 Å². The standard InChI is InChI=1S/C32H37ClN2O6/c1-32(2,33)41-31(38)34-14-6-9-23(19-34)40-22-11-13-25-27(18-22)39-16-15-35-26-17-21(30(36)37)10-12-24(26)28(29(25)35)20-7-4-3-5-8-20/h10-13,17-18,20,23H,3-9,14-16,19H2,1-2H3,(H,36,37). The highest BCUT2D eigenvalue weighted by atomic mass is 35.5. The molecule has 1 aliphatic carbocycles. The van der Waals surface area contributed by atoms with Gasteiger partial charge in [0, 0.05) is 29.1 Å². The number of fused-ring (bicyclic) bond motifs is 5. The third-order valence-corrected chi connectivity index (χ3v) is 8.49. The van der Waals surface area contributed by atoms with Gasteiger partial charge in [-0.3, -0.25) is 0 Å². The zero-order chi connectivity index (χ0) is 28.7. The van der Waals surface area contributed by atoms with E-state index < -0.39 is 17.1 Å². The Morgan fingerprint density at radius 3 is 2.59 bits per heavy atom. The number of carbonyl (C=O) groups is 2. The molecule has 0 spiro atoms. The van der Waals surface area contributed by atoms with Crippen LogP contribution in [0.1, 0.15) is 80.6 Å². The molecule has 1 atom stereocenters. The molecule has 1 N–H and O–H groups in total. The number of rotatable bonds is 5. The summed E-state index contributed by atoms with van der Waals surface area (Å²) >= 11 is 6.10. The summed E-state index contributed by atoms with van der Waals surface area (Å²) in [7, 11) is 0. The number of carboxylic acid groups (broad SMARTS) is 1. The van der Waals surface area contributed by atoms with Crippen molar-refractivity contribution < 1.29 is 28.9 Å². The number of carboxylic acids is 1. The van der Waals surface area contributed by atoms with E-state index in [1.807, 2.05) is 18.2 Å². The van der Waals surface area contributed by atoms with Gasteiger partial charge in [-0.2, -0.15) is 0 Å². The molecule has 9 heteroatoms. The Labute approximate surface area is 245 Å². The normalized spacial score (nSPS) is 19.6. The second kappa shape index (κ2) is 11.1. The molecule has 1 amide bonds. The van der Waals surface area contributed by atoms with Crippen LogP contribution in [0, 0.1) is 0 Å². The fourth-order valence-electron chi connectivity index (χ4n) is 6.64. The van der Waals surface area contributed by atoms with Crippen LogP contribution in [-0.2, 0) is 11.3 Å². The van der Waals surface area contributed by atoms with E-state index in [0.29, 0.717) is 43.5 Å². The van der Waals surface area contributed by atoms with E-state index >= 15 is 0 Å². The van der Waals surface area contributed by atoms with E-state index in [9.17, 15) is 14.7 Å². The zero-order valence-corrected chi connectivity index (χ0v) is 24.4.